The zero-order valence-corrected chi connectivity index (χ0v) is 15.7. The normalized spacial score (nSPS) is 18.2. The zero-order valence-electron chi connectivity index (χ0n) is 15.7. The molecule has 1 amide bonds. The van der Waals surface area contributed by atoms with Crippen molar-refractivity contribution in [2.24, 2.45) is 0 Å². The van der Waals surface area contributed by atoms with E-state index in [1.165, 1.54) is 12.1 Å². The van der Waals surface area contributed by atoms with Gasteiger partial charge in [-0.1, -0.05) is 6.42 Å². The third-order valence-electron chi connectivity index (χ3n) is 4.32. The maximum absolute atomic E-state index is 14.4. The predicted octanol–water partition coefficient (Wildman–Crippen LogP) is 4.31. The van der Waals surface area contributed by atoms with Crippen molar-refractivity contribution >= 4 is 17.5 Å². The number of carbonyl (C=O) groups excluding carboxylic acids is 1. The van der Waals surface area contributed by atoms with Crippen molar-refractivity contribution in [1.29, 1.82) is 0 Å². The molecule has 1 aromatic rings. The van der Waals surface area contributed by atoms with Crippen molar-refractivity contribution in [3.8, 4) is 0 Å². The van der Waals surface area contributed by atoms with E-state index in [4.69, 9.17) is 4.74 Å². The van der Waals surface area contributed by atoms with Gasteiger partial charge in [0.05, 0.1) is 16.7 Å². The summed E-state index contributed by atoms with van der Waals surface area (Å²) in [6, 6.07) is 3.55. The SMILES string of the molecule is CN(c1ccc([N+](=O)[O-])cc1F)[C@H]1CCCCCN1C(=O)OC(C)(C)C. The Bertz CT molecular complexity index is 675. The van der Waals surface area contributed by atoms with Crippen molar-refractivity contribution in [2.75, 3.05) is 18.5 Å². The fourth-order valence-corrected chi connectivity index (χ4v) is 3.08. The fraction of sp³-hybridized carbons (Fsp3) is 0.611. The Morgan fingerprint density at radius 3 is 2.62 bits per heavy atom. The number of nitrogens with zero attached hydrogens (tertiary/aromatic N) is 3. The minimum Gasteiger partial charge on any atom is -0.444 e. The van der Waals surface area contributed by atoms with Crippen LogP contribution in [0.25, 0.3) is 0 Å². The number of hydrogen-bond donors (Lipinski definition) is 0. The molecule has 8 heteroatoms. The molecule has 144 valence electrons. The number of hydrogen-bond acceptors (Lipinski definition) is 5. The van der Waals surface area contributed by atoms with Crippen molar-refractivity contribution < 1.29 is 18.8 Å². The summed E-state index contributed by atoms with van der Waals surface area (Å²) in [5.41, 5.74) is -0.703. The third kappa shape index (κ3) is 4.83. The van der Waals surface area contributed by atoms with Crippen LogP contribution in [0.1, 0.15) is 46.5 Å². The fourth-order valence-electron chi connectivity index (χ4n) is 3.08. The van der Waals surface area contributed by atoms with Gasteiger partial charge >= 0.3 is 6.09 Å². The second-order valence-electron chi connectivity index (χ2n) is 7.51. The Labute approximate surface area is 152 Å². The van der Waals surface area contributed by atoms with Gasteiger partial charge in [0.15, 0.2) is 5.82 Å². The molecule has 1 fully saturated rings. The summed E-state index contributed by atoms with van der Waals surface area (Å²) in [5, 5.41) is 10.8. The van der Waals surface area contributed by atoms with Gasteiger partial charge in [0.2, 0.25) is 0 Å². The highest BCUT2D eigenvalue weighted by atomic mass is 19.1. The van der Waals surface area contributed by atoms with Gasteiger partial charge in [0.25, 0.3) is 5.69 Å². The van der Waals surface area contributed by atoms with Gasteiger partial charge in [-0.3, -0.25) is 15.0 Å². The Balaban J connectivity index is 2.29. The van der Waals surface area contributed by atoms with Gasteiger partial charge in [-0.05, 0) is 46.1 Å². The molecular formula is C18H26FN3O4. The molecule has 7 nitrogen and oxygen atoms in total. The molecule has 0 unspecified atom stereocenters. The van der Waals surface area contributed by atoms with Crippen LogP contribution in [0.3, 0.4) is 0 Å². The molecule has 1 aromatic carbocycles. The molecule has 0 radical (unpaired) electrons. The highest BCUT2D eigenvalue weighted by molar-refractivity contribution is 5.69. The molecule has 1 saturated heterocycles. The number of carbonyl (C=O) groups is 1. The highest BCUT2D eigenvalue weighted by Crippen LogP contribution is 2.29. The Morgan fingerprint density at radius 1 is 1.35 bits per heavy atom. The molecule has 1 heterocycles. The summed E-state index contributed by atoms with van der Waals surface area (Å²) in [6.45, 7) is 5.94. The van der Waals surface area contributed by atoms with Crippen LogP contribution in [0.15, 0.2) is 18.2 Å². The standard InChI is InChI=1S/C18H26FN3O4/c1-18(2,3)26-17(23)21-11-7-5-6-8-16(21)20(4)15-10-9-13(22(24)25)12-14(15)19/h9-10,12,16H,5-8,11H2,1-4H3/t16-/m1/s1. The molecule has 1 aliphatic rings. The number of benzene rings is 1. The first-order valence-corrected chi connectivity index (χ1v) is 8.76. The van der Waals surface area contributed by atoms with Gasteiger partial charge in [-0.15, -0.1) is 0 Å². The van der Waals surface area contributed by atoms with E-state index < -0.39 is 22.4 Å². The first kappa shape index (κ1) is 19.9. The molecule has 0 aromatic heterocycles. The zero-order chi connectivity index (χ0) is 19.5. The van der Waals surface area contributed by atoms with E-state index in [9.17, 15) is 19.3 Å². The first-order chi connectivity index (χ1) is 12.1. The van der Waals surface area contributed by atoms with Gasteiger partial charge in [-0.2, -0.15) is 0 Å². The van der Waals surface area contributed by atoms with Gasteiger partial charge < -0.3 is 9.64 Å². The molecule has 1 aliphatic heterocycles. The summed E-state index contributed by atoms with van der Waals surface area (Å²) in [4.78, 5) is 26.1. The second-order valence-corrected chi connectivity index (χ2v) is 7.51. The van der Waals surface area contributed by atoms with Crippen LogP contribution in [-0.4, -0.2) is 41.3 Å². The number of halogens is 1. The van der Waals surface area contributed by atoms with Crippen LogP contribution in [0.2, 0.25) is 0 Å². The van der Waals surface area contributed by atoms with E-state index in [-0.39, 0.29) is 17.5 Å². The number of rotatable bonds is 3. The Kier molecular flexibility index (Phi) is 6.05. The van der Waals surface area contributed by atoms with Crippen LogP contribution in [-0.2, 0) is 4.74 Å². The molecule has 1 atom stereocenters. The second kappa shape index (κ2) is 7.88. The summed E-state index contributed by atoms with van der Waals surface area (Å²) >= 11 is 0. The number of ether oxygens (including phenoxy) is 1. The van der Waals surface area contributed by atoms with Crippen LogP contribution in [0, 0.1) is 15.9 Å². The number of nitro benzene ring substituents is 1. The molecule has 0 N–H and O–H groups in total. The van der Waals surface area contributed by atoms with Crippen molar-refractivity contribution in [1.82, 2.24) is 4.90 Å². The average molecular weight is 367 g/mol. The number of non-ortho nitro benzene ring substituents is 1. The Hall–Kier alpha value is -2.38. The Morgan fingerprint density at radius 2 is 2.04 bits per heavy atom. The number of anilines is 1. The quantitative estimate of drug-likeness (QED) is 0.588. The highest BCUT2D eigenvalue weighted by Gasteiger charge is 2.33. The lowest BCUT2D eigenvalue weighted by molar-refractivity contribution is -0.385. The minimum atomic E-state index is -0.685. The third-order valence-corrected chi connectivity index (χ3v) is 4.32. The van der Waals surface area contributed by atoms with E-state index >= 15 is 0 Å². The summed E-state index contributed by atoms with van der Waals surface area (Å²) < 4.78 is 19.9. The summed E-state index contributed by atoms with van der Waals surface area (Å²) in [5.74, 6) is -0.685. The van der Waals surface area contributed by atoms with Gasteiger partial charge in [0, 0.05) is 19.7 Å². The van der Waals surface area contributed by atoms with Crippen LogP contribution in [0.5, 0.6) is 0 Å². The van der Waals surface area contributed by atoms with Gasteiger partial charge in [0.1, 0.15) is 11.8 Å². The first-order valence-electron chi connectivity index (χ1n) is 8.76. The van der Waals surface area contributed by atoms with E-state index in [1.54, 1.807) is 37.6 Å². The molecular weight excluding hydrogens is 341 g/mol. The lowest BCUT2D eigenvalue weighted by atomic mass is 10.1. The van der Waals surface area contributed by atoms with E-state index in [0.29, 0.717) is 13.0 Å². The van der Waals surface area contributed by atoms with Gasteiger partial charge in [-0.25, -0.2) is 9.18 Å². The number of likely N-dealkylation sites (tertiary alicyclic amines) is 1. The van der Waals surface area contributed by atoms with Crippen LogP contribution >= 0.6 is 0 Å². The van der Waals surface area contributed by atoms with Crippen molar-refractivity contribution in [3.63, 3.8) is 0 Å². The van der Waals surface area contributed by atoms with E-state index in [1.807, 2.05) is 0 Å². The minimum absolute atomic E-state index is 0.219. The number of nitro groups is 1. The molecule has 0 saturated carbocycles. The maximum Gasteiger partial charge on any atom is 0.411 e. The van der Waals surface area contributed by atoms with E-state index in [2.05, 4.69) is 0 Å². The van der Waals surface area contributed by atoms with Crippen LogP contribution in [0.4, 0.5) is 20.6 Å². The summed E-state index contributed by atoms with van der Waals surface area (Å²) in [6.07, 6.45) is 2.61. The van der Waals surface area contributed by atoms with Crippen LogP contribution < -0.4 is 4.90 Å². The molecule has 0 aliphatic carbocycles. The summed E-state index contributed by atoms with van der Waals surface area (Å²) in [7, 11) is 1.69. The lowest BCUT2D eigenvalue weighted by Gasteiger charge is -2.38. The maximum atomic E-state index is 14.4. The van der Waals surface area contributed by atoms with E-state index in [0.717, 1.165) is 25.3 Å². The molecule has 0 bridgehead atoms. The molecule has 2 rings (SSSR count). The van der Waals surface area contributed by atoms with Crippen molar-refractivity contribution in [2.45, 2.75) is 58.2 Å². The van der Waals surface area contributed by atoms with Crippen molar-refractivity contribution in [3.05, 3.63) is 34.1 Å². The largest absolute Gasteiger partial charge is 0.444 e. The predicted molar refractivity (Wildman–Crippen MR) is 96.7 cm³/mol. The smallest absolute Gasteiger partial charge is 0.411 e. The monoisotopic (exact) mass is 367 g/mol. The molecule has 26 heavy (non-hydrogen) atoms. The topological polar surface area (TPSA) is 75.9 Å². The molecule has 0 spiro atoms. The lowest BCUT2D eigenvalue weighted by Crippen LogP contribution is -2.51. The number of amides is 1. The average Bonchev–Trinajstić information content (AvgIpc) is 2.78.